The Morgan fingerprint density at radius 1 is 0.636 bits per heavy atom. The van der Waals surface area contributed by atoms with Crippen molar-refractivity contribution in [2.24, 2.45) is 5.73 Å². The highest BCUT2D eigenvalue weighted by Gasteiger charge is 2.34. The van der Waals surface area contributed by atoms with Crippen molar-refractivity contribution in [3.8, 4) is 5.75 Å². The predicted molar refractivity (Wildman–Crippen MR) is 279 cm³/mol. The third-order valence-corrected chi connectivity index (χ3v) is 12.1. The van der Waals surface area contributed by atoms with Gasteiger partial charge in [0.15, 0.2) is 0 Å². The monoisotopic (exact) mass is 1090 g/mol. The number of fused-ring (bicyclic) bond motifs is 1. The lowest BCUT2D eigenvalue weighted by atomic mass is 10.0. The Morgan fingerprint density at radius 3 is 1.71 bits per heavy atom. The second kappa shape index (κ2) is 29.3. The van der Waals surface area contributed by atoms with Gasteiger partial charge in [-0.25, -0.2) is 13.2 Å². The van der Waals surface area contributed by atoms with Crippen LogP contribution in [-0.2, 0) is 72.8 Å². The number of para-hydroxylation sites is 1. The number of amides is 8. The van der Waals surface area contributed by atoms with E-state index in [-0.39, 0.29) is 37.9 Å². The predicted octanol–water partition coefficient (Wildman–Crippen LogP) is 1.81. The second-order valence-corrected chi connectivity index (χ2v) is 20.1. The van der Waals surface area contributed by atoms with Crippen molar-refractivity contribution in [1.82, 2.24) is 42.2 Å². The average Bonchev–Trinajstić information content (AvgIpc) is 3.77. The molecule has 4 rings (SSSR count). The van der Waals surface area contributed by atoms with Gasteiger partial charge in [0.05, 0.1) is 13.0 Å². The van der Waals surface area contributed by atoms with Crippen molar-refractivity contribution in [3.63, 3.8) is 0 Å². The van der Waals surface area contributed by atoms with Crippen LogP contribution in [0.25, 0.3) is 10.9 Å². The molecule has 0 aliphatic heterocycles. The molecule has 0 spiro atoms. The number of hydrogen-bond donors (Lipinski definition) is 10. The van der Waals surface area contributed by atoms with Crippen LogP contribution in [0.5, 0.6) is 5.75 Å². The number of hydrogen-bond acceptors (Lipinski definition) is 14. The van der Waals surface area contributed by atoms with E-state index in [1.807, 2.05) is 13.8 Å². The van der Waals surface area contributed by atoms with Crippen molar-refractivity contribution in [3.05, 3.63) is 102 Å². The fourth-order valence-corrected chi connectivity index (χ4v) is 8.21. The van der Waals surface area contributed by atoms with E-state index in [1.165, 1.54) is 24.3 Å². The van der Waals surface area contributed by atoms with E-state index in [0.29, 0.717) is 47.8 Å². The van der Waals surface area contributed by atoms with E-state index < -0.39 is 119 Å². The number of rotatable bonds is 30. The number of alkyl carbamates (subject to hydrolysis) is 1. The smallest absolute Gasteiger partial charge is 0.408 e. The summed E-state index contributed by atoms with van der Waals surface area (Å²) in [6.07, 6.45) is 1.49. The van der Waals surface area contributed by atoms with Gasteiger partial charge in [0.2, 0.25) is 41.4 Å². The topological polar surface area (TPSA) is 376 Å². The molecular formula is C52H68N9O15S-. The van der Waals surface area contributed by atoms with E-state index in [2.05, 4.69) is 46.4 Å². The SMILES string of the molecule is CCCC[C@H](NC(=O)[C@H](Cc1c[nH]c2ccccc12)NC(=O)CNC(=O)[C@H](CCCC)NC(=O)[C@@H](Cc1ccc(OS(=O)(=O)[O-])cc1)NC(=O)OC(C)(C)C)C(=O)N[C@@H](CC(=O)O)C(=O)N[C@@H](Cc1ccccc1)C(N)=O. The average molecular weight is 1090 g/mol. The fraction of sp³-hybridized carbons (Fsp3) is 0.442. The fourth-order valence-electron chi connectivity index (χ4n) is 7.86. The molecule has 0 aliphatic rings. The molecule has 4 aromatic rings. The number of aromatic nitrogens is 1. The van der Waals surface area contributed by atoms with Crippen LogP contribution in [0.4, 0.5) is 4.79 Å². The van der Waals surface area contributed by atoms with Crippen LogP contribution in [0.1, 0.15) is 96.3 Å². The number of primary amides is 1. The number of ether oxygens (including phenoxy) is 1. The molecular weight excluding hydrogens is 1020 g/mol. The minimum absolute atomic E-state index is 0.0203. The van der Waals surface area contributed by atoms with E-state index in [4.69, 9.17) is 10.5 Å². The Morgan fingerprint density at radius 2 is 1.14 bits per heavy atom. The first kappa shape index (κ1) is 61.5. The number of H-pyrrole nitrogens is 1. The molecule has 1 aromatic heterocycles. The minimum Gasteiger partial charge on any atom is -0.716 e. The molecule has 6 atom stereocenters. The summed E-state index contributed by atoms with van der Waals surface area (Å²) in [5.41, 5.74) is 6.95. The largest absolute Gasteiger partial charge is 0.716 e. The van der Waals surface area contributed by atoms with Crippen LogP contribution in [0, 0.1) is 0 Å². The van der Waals surface area contributed by atoms with Gasteiger partial charge in [-0.05, 0) is 68.5 Å². The number of nitrogens with two attached hydrogens (primary N) is 1. The van der Waals surface area contributed by atoms with E-state index in [0.717, 1.165) is 5.52 Å². The van der Waals surface area contributed by atoms with Gasteiger partial charge in [0.25, 0.3) is 10.4 Å². The molecule has 8 amide bonds. The molecule has 0 saturated carbocycles. The first-order valence-corrected chi connectivity index (χ1v) is 26.3. The van der Waals surface area contributed by atoms with Crippen LogP contribution >= 0.6 is 0 Å². The zero-order valence-electron chi connectivity index (χ0n) is 43.5. The molecule has 25 heteroatoms. The molecule has 0 aliphatic carbocycles. The molecule has 77 heavy (non-hydrogen) atoms. The summed E-state index contributed by atoms with van der Waals surface area (Å²) in [6.45, 7) is 7.79. The molecule has 0 saturated heterocycles. The van der Waals surface area contributed by atoms with Gasteiger partial charge < -0.3 is 66.5 Å². The summed E-state index contributed by atoms with van der Waals surface area (Å²) in [6, 6.07) is 12.4. The standard InChI is InChI=1S/C52H69N9O15S/c1-6-8-18-37(57-48(68)40(61-51(71)75-52(3,4)5)26-32-21-23-34(24-22-32)76-77(72,73)74)46(66)55-30-43(62)56-41(27-33-29-54-36-20-14-13-17-35(33)36)49(69)58-38(19-9-7-2)47(67)60-42(28-44(63)64)50(70)59-39(45(53)65)25-31-15-11-10-12-16-31/h10-17,20-24,29,37-42,54H,6-9,18-19,25-28,30H2,1-5H3,(H2,53,65)(H,55,66)(H,56,62)(H,57,68)(H,58,69)(H,59,70)(H,60,67)(H,61,71)(H,63,64)(H,72,73,74)/p-1/t37-,38-,39-,40+,41-,42-/m0/s1. The van der Waals surface area contributed by atoms with Crippen molar-refractivity contribution >= 4 is 74.7 Å². The van der Waals surface area contributed by atoms with E-state index in [9.17, 15) is 61.2 Å². The molecule has 0 bridgehead atoms. The van der Waals surface area contributed by atoms with Gasteiger partial charge in [-0.1, -0.05) is 100 Å². The summed E-state index contributed by atoms with van der Waals surface area (Å²) in [7, 11) is -5.07. The number of carboxylic acid groups (broad SMARTS) is 1. The molecule has 418 valence electrons. The van der Waals surface area contributed by atoms with Gasteiger partial charge in [-0.2, -0.15) is 0 Å². The van der Waals surface area contributed by atoms with Gasteiger partial charge in [-0.15, -0.1) is 0 Å². The number of carboxylic acids is 1. The first-order chi connectivity index (χ1) is 36.3. The van der Waals surface area contributed by atoms with Gasteiger partial charge in [-0.3, -0.25) is 38.4 Å². The summed E-state index contributed by atoms with van der Waals surface area (Å²) in [4.78, 5) is 124. The quantitative estimate of drug-likeness (QED) is 0.0263. The summed E-state index contributed by atoms with van der Waals surface area (Å²) >= 11 is 0. The third-order valence-electron chi connectivity index (χ3n) is 11.7. The van der Waals surface area contributed by atoms with E-state index >= 15 is 0 Å². The molecule has 24 nitrogen and oxygen atoms in total. The second-order valence-electron chi connectivity index (χ2n) is 19.2. The first-order valence-electron chi connectivity index (χ1n) is 25.0. The van der Waals surface area contributed by atoms with Crippen molar-refractivity contribution in [2.75, 3.05) is 6.54 Å². The van der Waals surface area contributed by atoms with Crippen LogP contribution in [0.15, 0.2) is 85.1 Å². The Balaban J connectivity index is 1.53. The highest BCUT2D eigenvalue weighted by atomic mass is 32.3. The van der Waals surface area contributed by atoms with E-state index in [1.54, 1.807) is 81.6 Å². The van der Waals surface area contributed by atoms with Crippen molar-refractivity contribution < 1.29 is 70.1 Å². The molecule has 11 N–H and O–H groups in total. The summed E-state index contributed by atoms with van der Waals surface area (Å²) in [5, 5.41) is 28.2. The van der Waals surface area contributed by atoms with Crippen LogP contribution in [0.2, 0.25) is 0 Å². The molecule has 0 radical (unpaired) electrons. The number of carbonyl (C=O) groups excluding carboxylic acids is 8. The van der Waals surface area contributed by atoms with Crippen LogP contribution in [-0.4, -0.2) is 125 Å². The van der Waals surface area contributed by atoms with Crippen LogP contribution < -0.4 is 47.1 Å². The maximum absolute atomic E-state index is 14.4. The molecule has 1 heterocycles. The normalized spacial score (nSPS) is 13.7. The van der Waals surface area contributed by atoms with Crippen LogP contribution in [0.3, 0.4) is 0 Å². The third kappa shape index (κ3) is 21.6. The number of carbonyl (C=O) groups is 9. The lowest BCUT2D eigenvalue weighted by Crippen LogP contribution is -2.59. The zero-order valence-corrected chi connectivity index (χ0v) is 44.3. The van der Waals surface area contributed by atoms with Gasteiger partial charge in [0.1, 0.15) is 47.6 Å². The van der Waals surface area contributed by atoms with Gasteiger partial charge in [0, 0.05) is 36.4 Å². The Kier molecular flexibility index (Phi) is 23.4. The molecule has 3 aromatic carbocycles. The highest BCUT2D eigenvalue weighted by Crippen LogP contribution is 2.20. The minimum atomic E-state index is -5.07. The Hall–Kier alpha value is -8.06. The highest BCUT2D eigenvalue weighted by molar-refractivity contribution is 7.81. The maximum atomic E-state index is 14.4. The number of aromatic amines is 1. The Bertz CT molecular complexity index is 2800. The zero-order chi connectivity index (χ0) is 56.9. The molecule has 0 unspecified atom stereocenters. The Labute approximate surface area is 446 Å². The van der Waals surface area contributed by atoms with Gasteiger partial charge >= 0.3 is 12.1 Å². The number of unbranched alkanes of at least 4 members (excludes halogenated alkanes) is 2. The molecule has 0 fully saturated rings. The lowest BCUT2D eigenvalue weighted by molar-refractivity contribution is -0.141. The maximum Gasteiger partial charge on any atom is 0.408 e. The summed E-state index contributed by atoms with van der Waals surface area (Å²) in [5.74, 6) is -7.93. The van der Waals surface area contributed by atoms with Crippen molar-refractivity contribution in [2.45, 2.75) is 141 Å². The van der Waals surface area contributed by atoms with Crippen molar-refractivity contribution in [1.29, 1.82) is 0 Å². The lowest BCUT2D eigenvalue weighted by Gasteiger charge is -2.26. The number of nitrogens with one attached hydrogen (secondary N) is 8. The summed E-state index contributed by atoms with van der Waals surface area (Å²) < 4.78 is 43.0. The number of aliphatic carboxylic acids is 1. The number of benzene rings is 3.